The van der Waals surface area contributed by atoms with Gasteiger partial charge in [0.15, 0.2) is 12.2 Å². The van der Waals surface area contributed by atoms with E-state index in [4.69, 9.17) is 4.42 Å². The van der Waals surface area contributed by atoms with Crippen molar-refractivity contribution < 1.29 is 9.52 Å². The van der Waals surface area contributed by atoms with Crippen LogP contribution < -0.4 is 0 Å². The number of hydrogen-bond acceptors (Lipinski definition) is 4. The van der Waals surface area contributed by atoms with Crippen LogP contribution in [0.5, 0.6) is 0 Å². The Bertz CT molecular complexity index is 646. The van der Waals surface area contributed by atoms with Crippen LogP contribution in [0.4, 0.5) is 0 Å². The van der Waals surface area contributed by atoms with Gasteiger partial charge >= 0.3 is 0 Å². The molecule has 2 atom stereocenters. The predicted molar refractivity (Wildman–Crippen MR) is 95.4 cm³/mol. The maximum atomic E-state index is 9.68. The Balaban J connectivity index is 1.74. The molecule has 1 saturated heterocycles. The van der Waals surface area contributed by atoms with Gasteiger partial charge < -0.3 is 9.52 Å². The fourth-order valence-corrected chi connectivity index (χ4v) is 3.63. The van der Waals surface area contributed by atoms with Crippen LogP contribution in [0, 0.1) is 17.3 Å². The normalized spacial score (nSPS) is 22.7. The molecular formula is C20H28N2O2. The first-order valence-corrected chi connectivity index (χ1v) is 8.76. The standard InChI is InChI=1S/C20H28N2O2/c1-20(2,3)18-8-16(13-23)11-22(12-18)10-15-5-4-6-17(7-15)19-9-21-14-24-19/h4-7,9,14,16,18,23H,8,10-13H2,1-3H3/t16-,18+/m0/s1. The minimum absolute atomic E-state index is 0.272. The van der Waals surface area contributed by atoms with E-state index in [9.17, 15) is 5.11 Å². The lowest BCUT2D eigenvalue weighted by Gasteiger charge is -2.43. The summed E-state index contributed by atoms with van der Waals surface area (Å²) in [5, 5.41) is 9.68. The van der Waals surface area contributed by atoms with E-state index in [-0.39, 0.29) is 12.0 Å². The fraction of sp³-hybridized carbons (Fsp3) is 0.550. The highest BCUT2D eigenvalue weighted by Gasteiger charge is 2.33. The molecule has 0 amide bonds. The summed E-state index contributed by atoms with van der Waals surface area (Å²) in [5.41, 5.74) is 2.61. The second-order valence-electron chi connectivity index (χ2n) is 8.11. The number of benzene rings is 1. The van der Waals surface area contributed by atoms with Gasteiger partial charge in [-0.25, -0.2) is 4.98 Å². The van der Waals surface area contributed by atoms with Gasteiger partial charge in [-0.05, 0) is 35.3 Å². The summed E-state index contributed by atoms with van der Waals surface area (Å²) < 4.78 is 5.40. The van der Waals surface area contributed by atoms with Crippen LogP contribution in [0.15, 0.2) is 41.3 Å². The van der Waals surface area contributed by atoms with Crippen LogP contribution in [0.3, 0.4) is 0 Å². The summed E-state index contributed by atoms with van der Waals surface area (Å²) in [5.74, 6) is 1.79. The molecule has 130 valence electrons. The Morgan fingerprint density at radius 1 is 1.29 bits per heavy atom. The van der Waals surface area contributed by atoms with Crippen LogP contribution in [-0.4, -0.2) is 34.7 Å². The summed E-state index contributed by atoms with van der Waals surface area (Å²) in [6, 6.07) is 8.46. The van der Waals surface area contributed by atoms with Gasteiger partial charge in [-0.2, -0.15) is 0 Å². The number of rotatable bonds is 4. The van der Waals surface area contributed by atoms with Gasteiger partial charge in [0.1, 0.15) is 0 Å². The first-order valence-electron chi connectivity index (χ1n) is 8.76. The van der Waals surface area contributed by atoms with E-state index in [1.807, 2.05) is 0 Å². The van der Waals surface area contributed by atoms with Crippen molar-refractivity contribution in [1.29, 1.82) is 0 Å². The summed E-state index contributed by atoms with van der Waals surface area (Å²) in [4.78, 5) is 6.48. The molecule has 0 spiro atoms. The molecule has 1 fully saturated rings. The van der Waals surface area contributed by atoms with Gasteiger partial charge in [0.05, 0.1) is 6.20 Å². The molecule has 1 aromatic carbocycles. The Morgan fingerprint density at radius 2 is 2.12 bits per heavy atom. The lowest BCUT2D eigenvalue weighted by atomic mass is 9.73. The van der Waals surface area contributed by atoms with Crippen molar-refractivity contribution in [2.45, 2.75) is 33.7 Å². The van der Waals surface area contributed by atoms with Crippen molar-refractivity contribution in [3.05, 3.63) is 42.4 Å². The summed E-state index contributed by atoms with van der Waals surface area (Å²) in [6.07, 6.45) is 4.33. The highest BCUT2D eigenvalue weighted by atomic mass is 16.3. The molecule has 1 aliphatic rings. The smallest absolute Gasteiger partial charge is 0.181 e. The zero-order valence-electron chi connectivity index (χ0n) is 14.9. The van der Waals surface area contributed by atoms with Crippen molar-refractivity contribution >= 4 is 0 Å². The second kappa shape index (κ2) is 7.08. The predicted octanol–water partition coefficient (Wildman–Crippen LogP) is 3.82. The molecule has 2 heterocycles. The number of nitrogens with zero attached hydrogens (tertiary/aromatic N) is 2. The maximum Gasteiger partial charge on any atom is 0.181 e. The molecule has 2 aromatic rings. The largest absolute Gasteiger partial charge is 0.444 e. The molecule has 0 unspecified atom stereocenters. The molecule has 4 nitrogen and oxygen atoms in total. The van der Waals surface area contributed by atoms with Crippen molar-refractivity contribution in [2.24, 2.45) is 17.3 Å². The highest BCUT2D eigenvalue weighted by Crippen LogP contribution is 2.36. The van der Waals surface area contributed by atoms with E-state index in [0.29, 0.717) is 11.8 Å². The average Bonchev–Trinajstić information content (AvgIpc) is 3.08. The van der Waals surface area contributed by atoms with Crippen molar-refractivity contribution in [1.82, 2.24) is 9.88 Å². The molecule has 1 aliphatic heterocycles. The third-order valence-corrected chi connectivity index (χ3v) is 5.15. The second-order valence-corrected chi connectivity index (χ2v) is 8.11. The molecular weight excluding hydrogens is 300 g/mol. The van der Waals surface area contributed by atoms with Gasteiger partial charge in [0.25, 0.3) is 0 Å². The van der Waals surface area contributed by atoms with Crippen molar-refractivity contribution in [3.63, 3.8) is 0 Å². The number of piperidine rings is 1. The van der Waals surface area contributed by atoms with E-state index < -0.39 is 0 Å². The van der Waals surface area contributed by atoms with E-state index in [1.165, 1.54) is 12.0 Å². The number of aliphatic hydroxyl groups is 1. The zero-order chi connectivity index (χ0) is 17.2. The molecule has 3 rings (SSSR count). The first kappa shape index (κ1) is 17.2. The lowest BCUT2D eigenvalue weighted by Crippen LogP contribution is -2.45. The average molecular weight is 328 g/mol. The topological polar surface area (TPSA) is 49.5 Å². The van der Waals surface area contributed by atoms with Crippen LogP contribution in [0.25, 0.3) is 11.3 Å². The van der Waals surface area contributed by atoms with Crippen LogP contribution >= 0.6 is 0 Å². The van der Waals surface area contributed by atoms with Gasteiger partial charge in [-0.3, -0.25) is 4.90 Å². The lowest BCUT2D eigenvalue weighted by molar-refractivity contribution is 0.0349. The number of oxazole rings is 1. The molecule has 1 aromatic heterocycles. The number of aromatic nitrogens is 1. The van der Waals surface area contributed by atoms with Crippen LogP contribution in [0.2, 0.25) is 0 Å². The Morgan fingerprint density at radius 3 is 2.79 bits per heavy atom. The quantitative estimate of drug-likeness (QED) is 0.927. The third kappa shape index (κ3) is 4.05. The summed E-state index contributed by atoms with van der Waals surface area (Å²) in [7, 11) is 0. The molecule has 0 radical (unpaired) electrons. The number of hydrogen-bond donors (Lipinski definition) is 1. The summed E-state index contributed by atoms with van der Waals surface area (Å²) >= 11 is 0. The number of aliphatic hydroxyl groups excluding tert-OH is 1. The first-order chi connectivity index (χ1) is 11.5. The van der Waals surface area contributed by atoms with Crippen molar-refractivity contribution in [3.8, 4) is 11.3 Å². The molecule has 0 saturated carbocycles. The third-order valence-electron chi connectivity index (χ3n) is 5.15. The Hall–Kier alpha value is -1.65. The van der Waals surface area contributed by atoms with Gasteiger partial charge in [0.2, 0.25) is 0 Å². The maximum absolute atomic E-state index is 9.68. The Kier molecular flexibility index (Phi) is 5.07. The summed E-state index contributed by atoms with van der Waals surface area (Å²) in [6.45, 7) is 10.2. The molecule has 0 bridgehead atoms. The fourth-order valence-electron chi connectivity index (χ4n) is 3.63. The van der Waals surface area contributed by atoms with E-state index in [2.05, 4.69) is 54.9 Å². The monoisotopic (exact) mass is 328 g/mol. The van der Waals surface area contributed by atoms with Gasteiger partial charge in [-0.1, -0.05) is 39.0 Å². The van der Waals surface area contributed by atoms with Crippen LogP contribution in [0.1, 0.15) is 32.8 Å². The Labute approximate surface area is 144 Å². The highest BCUT2D eigenvalue weighted by molar-refractivity contribution is 5.57. The van der Waals surface area contributed by atoms with E-state index in [1.54, 1.807) is 6.20 Å². The van der Waals surface area contributed by atoms with Crippen molar-refractivity contribution in [2.75, 3.05) is 19.7 Å². The van der Waals surface area contributed by atoms with Crippen LogP contribution in [-0.2, 0) is 6.54 Å². The molecule has 0 aliphatic carbocycles. The minimum atomic E-state index is 0.272. The van der Waals surface area contributed by atoms with Gasteiger partial charge in [0, 0.05) is 31.8 Å². The minimum Gasteiger partial charge on any atom is -0.444 e. The number of likely N-dealkylation sites (tertiary alicyclic amines) is 1. The zero-order valence-corrected chi connectivity index (χ0v) is 14.9. The molecule has 1 N–H and O–H groups in total. The van der Waals surface area contributed by atoms with Gasteiger partial charge in [-0.15, -0.1) is 0 Å². The van der Waals surface area contributed by atoms with E-state index >= 15 is 0 Å². The SMILES string of the molecule is CC(C)(C)[C@@H]1C[C@H](CO)CN(Cc2cccc(-c3cnco3)c2)C1. The molecule has 4 heteroatoms. The molecule has 24 heavy (non-hydrogen) atoms. The van der Waals surface area contributed by atoms with E-state index in [0.717, 1.165) is 37.4 Å².